The van der Waals surface area contributed by atoms with Crippen molar-refractivity contribution in [2.45, 2.75) is 6.42 Å². The highest BCUT2D eigenvalue weighted by atomic mass is 32.1. The number of ether oxygens (including phenoxy) is 2. The first kappa shape index (κ1) is 15.2. The molecule has 1 fully saturated rings. The molecule has 4 rings (SSSR count). The summed E-state index contributed by atoms with van der Waals surface area (Å²) in [6.45, 7) is 0.842. The molecule has 122 valence electrons. The number of thiocarbonyl (C=S) groups is 1. The average molecular weight is 358 g/mol. The quantitative estimate of drug-likeness (QED) is 0.673. The lowest BCUT2D eigenvalue weighted by molar-refractivity contribution is -0.115. The molecule has 0 spiro atoms. The molecule has 3 heterocycles. The Morgan fingerprint density at radius 2 is 2.25 bits per heavy atom. The molecule has 24 heavy (non-hydrogen) atoms. The van der Waals surface area contributed by atoms with Crippen molar-refractivity contribution in [1.29, 1.82) is 0 Å². The van der Waals surface area contributed by atoms with Crippen LogP contribution >= 0.6 is 23.6 Å². The summed E-state index contributed by atoms with van der Waals surface area (Å²) in [6, 6.07) is 7.70. The average Bonchev–Trinajstić information content (AvgIpc) is 3.29. The van der Waals surface area contributed by atoms with Crippen molar-refractivity contribution in [2.75, 3.05) is 13.3 Å². The van der Waals surface area contributed by atoms with Gasteiger partial charge < -0.3 is 14.4 Å². The summed E-state index contributed by atoms with van der Waals surface area (Å²) >= 11 is 6.97. The van der Waals surface area contributed by atoms with Gasteiger partial charge in [-0.2, -0.15) is 11.3 Å². The van der Waals surface area contributed by atoms with Crippen LogP contribution in [0.15, 0.2) is 40.7 Å². The van der Waals surface area contributed by atoms with Crippen LogP contribution in [0.4, 0.5) is 0 Å². The number of hydrogen-bond acceptors (Lipinski definition) is 5. The molecule has 1 amide bonds. The standard InChI is InChI=1S/C17H14N2O3S2/c20-16-13(8-12-2-1-3-14-15(12)22-10-21-14)19(17(23)18-16)6-4-11-5-7-24-9-11/h1-3,5,7-9H,4,6,10H2,(H,18,20,23)/b13-8+. The molecular formula is C17H14N2O3S2. The predicted molar refractivity (Wildman–Crippen MR) is 96.0 cm³/mol. The van der Waals surface area contributed by atoms with Crippen molar-refractivity contribution in [3.05, 3.63) is 51.8 Å². The highest BCUT2D eigenvalue weighted by molar-refractivity contribution is 7.80. The minimum Gasteiger partial charge on any atom is -0.454 e. The van der Waals surface area contributed by atoms with Crippen LogP contribution in [-0.2, 0) is 11.2 Å². The van der Waals surface area contributed by atoms with E-state index in [-0.39, 0.29) is 12.7 Å². The number of nitrogens with one attached hydrogen (secondary N) is 1. The topological polar surface area (TPSA) is 50.8 Å². The number of para-hydroxylation sites is 1. The van der Waals surface area contributed by atoms with Crippen molar-refractivity contribution < 1.29 is 14.3 Å². The molecule has 2 aromatic rings. The zero-order chi connectivity index (χ0) is 16.5. The van der Waals surface area contributed by atoms with E-state index in [1.807, 2.05) is 28.5 Å². The first-order valence-electron chi connectivity index (χ1n) is 7.46. The first-order valence-corrected chi connectivity index (χ1v) is 8.82. The number of nitrogens with zero attached hydrogens (tertiary/aromatic N) is 1. The van der Waals surface area contributed by atoms with Crippen LogP contribution in [0.1, 0.15) is 11.1 Å². The lowest BCUT2D eigenvalue weighted by atomic mass is 10.1. The Balaban J connectivity index is 1.63. The molecule has 0 unspecified atom stereocenters. The van der Waals surface area contributed by atoms with Crippen LogP contribution in [0.25, 0.3) is 6.08 Å². The summed E-state index contributed by atoms with van der Waals surface area (Å²) in [4.78, 5) is 14.1. The first-order chi connectivity index (χ1) is 11.7. The fourth-order valence-corrected chi connectivity index (χ4v) is 3.70. The Morgan fingerprint density at radius 1 is 1.33 bits per heavy atom. The summed E-state index contributed by atoms with van der Waals surface area (Å²) in [7, 11) is 0. The molecule has 1 aromatic carbocycles. The molecule has 2 aliphatic rings. The van der Waals surface area contributed by atoms with E-state index in [0.29, 0.717) is 28.9 Å². The number of hydrogen-bond donors (Lipinski definition) is 1. The van der Waals surface area contributed by atoms with Crippen LogP contribution in [0.5, 0.6) is 11.5 Å². The second kappa shape index (κ2) is 6.26. The van der Waals surface area contributed by atoms with Gasteiger partial charge >= 0.3 is 0 Å². The van der Waals surface area contributed by atoms with Gasteiger partial charge in [-0.1, -0.05) is 12.1 Å². The minimum atomic E-state index is -0.193. The van der Waals surface area contributed by atoms with Crippen molar-refractivity contribution in [1.82, 2.24) is 10.2 Å². The maximum atomic E-state index is 12.3. The zero-order valence-electron chi connectivity index (χ0n) is 12.7. The molecule has 0 aliphatic carbocycles. The normalized spacial score (nSPS) is 17.7. The van der Waals surface area contributed by atoms with Gasteiger partial charge in [-0.25, -0.2) is 0 Å². The Morgan fingerprint density at radius 3 is 3.08 bits per heavy atom. The van der Waals surface area contributed by atoms with E-state index in [9.17, 15) is 4.79 Å². The molecule has 0 atom stereocenters. The minimum absolute atomic E-state index is 0.193. The van der Waals surface area contributed by atoms with Gasteiger partial charge in [0.1, 0.15) is 5.70 Å². The summed E-state index contributed by atoms with van der Waals surface area (Å²) < 4.78 is 10.9. The zero-order valence-corrected chi connectivity index (χ0v) is 14.3. The fraction of sp³-hybridized carbons (Fsp3) is 0.176. The Hall–Kier alpha value is -2.38. The number of thiophene rings is 1. The lowest BCUT2D eigenvalue weighted by Crippen LogP contribution is -2.29. The van der Waals surface area contributed by atoms with E-state index in [1.165, 1.54) is 5.56 Å². The van der Waals surface area contributed by atoms with Gasteiger partial charge in [0, 0.05) is 12.1 Å². The van der Waals surface area contributed by atoms with Gasteiger partial charge in [0.2, 0.25) is 6.79 Å². The van der Waals surface area contributed by atoms with Crippen LogP contribution < -0.4 is 14.8 Å². The molecule has 1 saturated heterocycles. The van der Waals surface area contributed by atoms with Crippen molar-refractivity contribution in [3.8, 4) is 11.5 Å². The highest BCUT2D eigenvalue weighted by Crippen LogP contribution is 2.37. The van der Waals surface area contributed by atoms with Crippen LogP contribution in [-0.4, -0.2) is 29.3 Å². The van der Waals surface area contributed by atoms with E-state index in [1.54, 1.807) is 17.4 Å². The third kappa shape index (κ3) is 2.76. The third-order valence-corrected chi connectivity index (χ3v) is 4.97. The number of fused-ring (bicyclic) bond motifs is 1. The number of carbonyl (C=O) groups excluding carboxylic acids is 1. The van der Waals surface area contributed by atoms with Gasteiger partial charge in [-0.05, 0) is 53.2 Å². The van der Waals surface area contributed by atoms with E-state index in [4.69, 9.17) is 21.7 Å². The molecule has 1 aromatic heterocycles. The smallest absolute Gasteiger partial charge is 0.274 e. The maximum Gasteiger partial charge on any atom is 0.274 e. The lowest BCUT2D eigenvalue weighted by Gasteiger charge is -2.17. The summed E-state index contributed by atoms with van der Waals surface area (Å²) in [5, 5.41) is 7.30. The SMILES string of the molecule is O=C1NC(=S)N(CCc2ccsc2)/C1=C/c1cccc2c1OCO2. The number of benzene rings is 1. The van der Waals surface area contributed by atoms with E-state index < -0.39 is 0 Å². The van der Waals surface area contributed by atoms with Gasteiger partial charge in [-0.15, -0.1) is 0 Å². The van der Waals surface area contributed by atoms with Gasteiger partial charge in [-0.3, -0.25) is 10.1 Å². The van der Waals surface area contributed by atoms with E-state index >= 15 is 0 Å². The Bertz CT molecular complexity index is 830. The van der Waals surface area contributed by atoms with E-state index in [2.05, 4.69) is 16.8 Å². The van der Waals surface area contributed by atoms with Crippen molar-refractivity contribution in [2.24, 2.45) is 0 Å². The molecular weight excluding hydrogens is 344 g/mol. The largest absolute Gasteiger partial charge is 0.454 e. The van der Waals surface area contributed by atoms with Crippen LogP contribution in [0.2, 0.25) is 0 Å². The molecule has 1 N–H and O–H groups in total. The monoisotopic (exact) mass is 358 g/mol. The molecule has 0 bridgehead atoms. The predicted octanol–water partition coefficient (Wildman–Crippen LogP) is 2.78. The van der Waals surface area contributed by atoms with E-state index in [0.717, 1.165) is 12.0 Å². The number of amides is 1. The molecule has 7 heteroatoms. The number of carbonyl (C=O) groups is 1. The Labute approximate surface area is 148 Å². The third-order valence-electron chi connectivity index (χ3n) is 3.91. The molecule has 2 aliphatic heterocycles. The number of rotatable bonds is 4. The van der Waals surface area contributed by atoms with Crippen molar-refractivity contribution in [3.63, 3.8) is 0 Å². The van der Waals surface area contributed by atoms with Crippen LogP contribution in [0, 0.1) is 0 Å². The second-order valence-corrected chi connectivity index (χ2v) is 6.57. The molecule has 5 nitrogen and oxygen atoms in total. The van der Waals surface area contributed by atoms with Gasteiger partial charge in [0.15, 0.2) is 16.6 Å². The fourth-order valence-electron chi connectivity index (χ4n) is 2.72. The van der Waals surface area contributed by atoms with Crippen LogP contribution in [0.3, 0.4) is 0 Å². The summed E-state index contributed by atoms with van der Waals surface area (Å²) in [6.07, 6.45) is 2.62. The second-order valence-electron chi connectivity index (χ2n) is 5.40. The van der Waals surface area contributed by atoms with Gasteiger partial charge in [0.05, 0.1) is 0 Å². The molecule has 0 radical (unpaired) electrons. The van der Waals surface area contributed by atoms with Gasteiger partial charge in [0.25, 0.3) is 5.91 Å². The molecule has 0 saturated carbocycles. The van der Waals surface area contributed by atoms with Crippen molar-refractivity contribution >= 4 is 40.7 Å². The summed E-state index contributed by atoms with van der Waals surface area (Å²) in [5.41, 5.74) is 2.57. The maximum absolute atomic E-state index is 12.3. The Kier molecular flexibility index (Phi) is 3.95. The highest BCUT2D eigenvalue weighted by Gasteiger charge is 2.30. The summed E-state index contributed by atoms with van der Waals surface area (Å²) in [5.74, 6) is 1.16.